The summed E-state index contributed by atoms with van der Waals surface area (Å²) in [6.45, 7) is 0.831. The molecule has 4 nitrogen and oxygen atoms in total. The Balaban J connectivity index is 1.90. The number of hydrogen-bond acceptors (Lipinski definition) is 4. The second kappa shape index (κ2) is 4.88. The van der Waals surface area contributed by atoms with Crippen LogP contribution in [0.25, 0.3) is 10.6 Å². The third-order valence-electron chi connectivity index (χ3n) is 2.80. The van der Waals surface area contributed by atoms with Crippen LogP contribution in [-0.4, -0.2) is 21.4 Å². The minimum Gasteiger partial charge on any atom is -0.357 e. The van der Waals surface area contributed by atoms with Crippen LogP contribution in [0.5, 0.6) is 0 Å². The first-order chi connectivity index (χ1) is 8.34. The van der Waals surface area contributed by atoms with Crippen molar-refractivity contribution in [3.8, 4) is 10.6 Å². The SMILES string of the molecule is Brc1cn(C2CCCCO2)nc1-c1cncs1. The molecule has 0 saturated carbocycles. The monoisotopic (exact) mass is 313 g/mol. The lowest BCUT2D eigenvalue weighted by atomic mass is 10.2. The van der Waals surface area contributed by atoms with E-state index in [-0.39, 0.29) is 6.23 Å². The Labute approximate surface area is 112 Å². The van der Waals surface area contributed by atoms with Crippen LogP contribution in [0.2, 0.25) is 0 Å². The largest absolute Gasteiger partial charge is 0.357 e. The zero-order valence-corrected chi connectivity index (χ0v) is 11.6. The summed E-state index contributed by atoms with van der Waals surface area (Å²) in [6.07, 6.45) is 7.31. The van der Waals surface area contributed by atoms with Crippen LogP contribution in [0.3, 0.4) is 0 Å². The highest BCUT2D eigenvalue weighted by Gasteiger charge is 2.19. The van der Waals surface area contributed by atoms with Crippen molar-refractivity contribution in [1.29, 1.82) is 0 Å². The lowest BCUT2D eigenvalue weighted by Crippen LogP contribution is -2.18. The predicted molar refractivity (Wildman–Crippen MR) is 69.9 cm³/mol. The molecule has 1 unspecified atom stereocenters. The van der Waals surface area contributed by atoms with E-state index in [1.165, 1.54) is 6.42 Å². The molecule has 2 aromatic rings. The number of nitrogens with zero attached hydrogens (tertiary/aromatic N) is 3. The molecule has 0 bridgehead atoms. The van der Waals surface area contributed by atoms with Crippen LogP contribution in [0.1, 0.15) is 25.5 Å². The van der Waals surface area contributed by atoms with Crippen molar-refractivity contribution >= 4 is 27.3 Å². The Morgan fingerprint density at radius 2 is 2.41 bits per heavy atom. The summed E-state index contributed by atoms with van der Waals surface area (Å²) in [7, 11) is 0. The highest BCUT2D eigenvalue weighted by Crippen LogP contribution is 2.32. The smallest absolute Gasteiger partial charge is 0.150 e. The van der Waals surface area contributed by atoms with Gasteiger partial charge in [-0.1, -0.05) is 0 Å². The van der Waals surface area contributed by atoms with Crippen LogP contribution in [0.15, 0.2) is 22.4 Å². The average Bonchev–Trinajstić information content (AvgIpc) is 2.99. The van der Waals surface area contributed by atoms with Gasteiger partial charge in [0.15, 0.2) is 0 Å². The molecule has 17 heavy (non-hydrogen) atoms. The van der Waals surface area contributed by atoms with E-state index in [0.717, 1.165) is 34.5 Å². The molecular formula is C11H12BrN3OS. The van der Waals surface area contributed by atoms with Gasteiger partial charge < -0.3 is 4.74 Å². The van der Waals surface area contributed by atoms with Crippen LogP contribution >= 0.6 is 27.3 Å². The third kappa shape index (κ3) is 2.29. The Bertz CT molecular complexity index is 491. The van der Waals surface area contributed by atoms with Crippen molar-refractivity contribution in [2.24, 2.45) is 0 Å². The Morgan fingerprint density at radius 1 is 1.47 bits per heavy atom. The van der Waals surface area contributed by atoms with Crippen molar-refractivity contribution in [2.75, 3.05) is 6.61 Å². The van der Waals surface area contributed by atoms with E-state index < -0.39 is 0 Å². The van der Waals surface area contributed by atoms with E-state index in [0.29, 0.717) is 0 Å². The number of ether oxygens (including phenoxy) is 1. The van der Waals surface area contributed by atoms with Gasteiger partial charge >= 0.3 is 0 Å². The predicted octanol–water partition coefficient (Wildman–Crippen LogP) is 3.47. The first kappa shape index (κ1) is 11.4. The molecule has 3 heterocycles. The van der Waals surface area contributed by atoms with Crippen molar-refractivity contribution < 1.29 is 4.74 Å². The van der Waals surface area contributed by atoms with E-state index >= 15 is 0 Å². The van der Waals surface area contributed by atoms with Gasteiger partial charge in [0.2, 0.25) is 0 Å². The van der Waals surface area contributed by atoms with E-state index in [1.807, 2.05) is 22.6 Å². The molecule has 0 amide bonds. The second-order valence-corrected chi connectivity index (χ2v) is 5.73. The summed E-state index contributed by atoms with van der Waals surface area (Å²) in [6, 6.07) is 0. The van der Waals surface area contributed by atoms with Gasteiger partial charge in [-0.25, -0.2) is 4.68 Å². The number of aromatic nitrogens is 3. The van der Waals surface area contributed by atoms with Gasteiger partial charge in [0.25, 0.3) is 0 Å². The molecule has 2 aromatic heterocycles. The van der Waals surface area contributed by atoms with Crippen LogP contribution in [0.4, 0.5) is 0 Å². The minimum atomic E-state index is 0.0849. The quantitative estimate of drug-likeness (QED) is 0.852. The molecular weight excluding hydrogens is 302 g/mol. The molecule has 0 radical (unpaired) electrons. The number of hydrogen-bond donors (Lipinski definition) is 0. The normalized spacial score (nSPS) is 20.6. The molecule has 0 N–H and O–H groups in total. The first-order valence-electron chi connectivity index (χ1n) is 5.60. The molecule has 0 aliphatic carbocycles. The molecule has 0 spiro atoms. The summed E-state index contributed by atoms with van der Waals surface area (Å²) in [5, 5.41) is 4.59. The summed E-state index contributed by atoms with van der Waals surface area (Å²) in [5.41, 5.74) is 2.76. The molecule has 1 fully saturated rings. The topological polar surface area (TPSA) is 39.9 Å². The van der Waals surface area contributed by atoms with Crippen LogP contribution in [0, 0.1) is 0 Å². The summed E-state index contributed by atoms with van der Waals surface area (Å²) >= 11 is 5.14. The van der Waals surface area contributed by atoms with E-state index in [2.05, 4.69) is 26.0 Å². The van der Waals surface area contributed by atoms with Gasteiger partial charge in [0.05, 0.1) is 14.9 Å². The van der Waals surface area contributed by atoms with Gasteiger partial charge in [-0.05, 0) is 35.2 Å². The van der Waals surface area contributed by atoms with Crippen molar-refractivity contribution in [2.45, 2.75) is 25.5 Å². The van der Waals surface area contributed by atoms with E-state index in [9.17, 15) is 0 Å². The number of halogens is 1. The molecule has 90 valence electrons. The fraction of sp³-hybridized carbons (Fsp3) is 0.455. The molecule has 1 aliphatic rings. The Kier molecular flexibility index (Phi) is 3.26. The molecule has 3 rings (SSSR count). The zero-order valence-electron chi connectivity index (χ0n) is 9.17. The average molecular weight is 314 g/mol. The number of thiazole rings is 1. The molecule has 6 heteroatoms. The third-order valence-corrected chi connectivity index (χ3v) is 4.16. The van der Waals surface area contributed by atoms with Gasteiger partial charge in [-0.2, -0.15) is 5.10 Å². The maximum atomic E-state index is 5.72. The van der Waals surface area contributed by atoms with E-state index in [4.69, 9.17) is 4.74 Å². The van der Waals surface area contributed by atoms with Crippen molar-refractivity contribution in [3.63, 3.8) is 0 Å². The lowest BCUT2D eigenvalue weighted by molar-refractivity contribution is -0.0393. The summed E-state index contributed by atoms with van der Waals surface area (Å²) < 4.78 is 8.63. The summed E-state index contributed by atoms with van der Waals surface area (Å²) in [5.74, 6) is 0. The zero-order chi connectivity index (χ0) is 11.7. The molecule has 1 atom stereocenters. The van der Waals surface area contributed by atoms with Crippen LogP contribution < -0.4 is 0 Å². The van der Waals surface area contributed by atoms with Gasteiger partial charge in [-0.3, -0.25) is 4.98 Å². The first-order valence-corrected chi connectivity index (χ1v) is 7.27. The maximum absolute atomic E-state index is 5.72. The van der Waals surface area contributed by atoms with Crippen LogP contribution in [-0.2, 0) is 4.74 Å². The Morgan fingerprint density at radius 3 is 3.12 bits per heavy atom. The highest BCUT2D eigenvalue weighted by atomic mass is 79.9. The van der Waals surface area contributed by atoms with Gasteiger partial charge in [0.1, 0.15) is 11.9 Å². The Hall–Kier alpha value is -0.720. The molecule has 0 aromatic carbocycles. The van der Waals surface area contributed by atoms with E-state index in [1.54, 1.807) is 11.3 Å². The van der Waals surface area contributed by atoms with Gasteiger partial charge in [0, 0.05) is 19.0 Å². The molecule has 1 aliphatic heterocycles. The maximum Gasteiger partial charge on any atom is 0.150 e. The highest BCUT2D eigenvalue weighted by molar-refractivity contribution is 9.10. The number of rotatable bonds is 2. The summed E-state index contributed by atoms with van der Waals surface area (Å²) in [4.78, 5) is 5.15. The molecule has 1 saturated heterocycles. The van der Waals surface area contributed by atoms with Crippen molar-refractivity contribution in [1.82, 2.24) is 14.8 Å². The standard InChI is InChI=1S/C11H12BrN3OS/c12-8-6-15(10-3-1-2-4-16-10)14-11(8)9-5-13-7-17-9/h5-7,10H,1-4H2. The fourth-order valence-electron chi connectivity index (χ4n) is 1.95. The minimum absolute atomic E-state index is 0.0849. The lowest BCUT2D eigenvalue weighted by Gasteiger charge is -2.22. The second-order valence-electron chi connectivity index (χ2n) is 3.99. The fourth-order valence-corrected chi connectivity index (χ4v) is 3.20. The van der Waals surface area contributed by atoms with Crippen molar-refractivity contribution in [3.05, 3.63) is 22.4 Å². The van der Waals surface area contributed by atoms with Gasteiger partial charge in [-0.15, -0.1) is 11.3 Å².